The van der Waals surface area contributed by atoms with Crippen LogP contribution < -0.4 is 5.32 Å². The van der Waals surface area contributed by atoms with Gasteiger partial charge in [0.2, 0.25) is 5.91 Å². The van der Waals surface area contributed by atoms with E-state index in [1.54, 1.807) is 48.1 Å². The number of amides is 1. The van der Waals surface area contributed by atoms with E-state index in [1.807, 2.05) is 37.3 Å². The summed E-state index contributed by atoms with van der Waals surface area (Å²) >= 11 is 2.36. The number of hydrogen-bond donors (Lipinski definition) is 1. The lowest BCUT2D eigenvalue weighted by atomic mass is 10.2. The van der Waals surface area contributed by atoms with Crippen molar-refractivity contribution in [3.8, 4) is 5.69 Å². The Morgan fingerprint density at radius 3 is 2.51 bits per heavy atom. The van der Waals surface area contributed by atoms with E-state index in [1.165, 1.54) is 11.3 Å². The van der Waals surface area contributed by atoms with Crippen LogP contribution in [0.5, 0.6) is 0 Å². The number of esters is 1. The number of sulfone groups is 1. The van der Waals surface area contributed by atoms with Crippen LogP contribution in [-0.4, -0.2) is 51.9 Å². The van der Waals surface area contributed by atoms with Crippen LogP contribution in [0.1, 0.15) is 30.9 Å². The third-order valence-electron chi connectivity index (χ3n) is 5.48. The molecule has 0 bridgehead atoms. The number of para-hydroxylation sites is 1. The molecule has 0 saturated heterocycles. The summed E-state index contributed by atoms with van der Waals surface area (Å²) in [6.07, 6.45) is 0.0268. The number of nitrogens with zero attached hydrogens (tertiary/aromatic N) is 4. The summed E-state index contributed by atoms with van der Waals surface area (Å²) < 4.78 is 32.9. The van der Waals surface area contributed by atoms with E-state index in [-0.39, 0.29) is 41.4 Å². The Morgan fingerprint density at radius 1 is 1.10 bits per heavy atom. The Kier molecular flexibility index (Phi) is 9.15. The number of thiazole rings is 1. The van der Waals surface area contributed by atoms with E-state index in [0.717, 1.165) is 17.3 Å². The summed E-state index contributed by atoms with van der Waals surface area (Å²) in [7, 11) is -3.69. The highest BCUT2D eigenvalue weighted by molar-refractivity contribution is 8.00. The van der Waals surface area contributed by atoms with Gasteiger partial charge in [-0.2, -0.15) is 0 Å². The largest absolute Gasteiger partial charge is 0.466 e. The van der Waals surface area contributed by atoms with Crippen LogP contribution in [-0.2, 0) is 36.3 Å². The quantitative estimate of drug-likeness (QED) is 0.203. The first-order chi connectivity index (χ1) is 18.7. The molecule has 13 heteroatoms. The van der Waals surface area contributed by atoms with Crippen LogP contribution >= 0.6 is 23.1 Å². The molecule has 1 amide bonds. The van der Waals surface area contributed by atoms with Crippen molar-refractivity contribution >= 4 is 49.9 Å². The van der Waals surface area contributed by atoms with Crippen LogP contribution in [0.4, 0.5) is 5.13 Å². The lowest BCUT2D eigenvalue weighted by Gasteiger charge is -2.13. The lowest BCUT2D eigenvalue weighted by molar-refractivity contribution is -0.142. The van der Waals surface area contributed by atoms with Crippen molar-refractivity contribution in [2.24, 2.45) is 0 Å². The summed E-state index contributed by atoms with van der Waals surface area (Å²) in [4.78, 5) is 29.1. The normalized spacial score (nSPS) is 12.2. The molecule has 2 aromatic heterocycles. The number of nitrogens with one attached hydrogen (secondary N) is 1. The fraction of sp³-hybridized carbons (Fsp3) is 0.269. The Bertz CT molecular complexity index is 1550. The molecule has 0 radical (unpaired) electrons. The van der Waals surface area contributed by atoms with Gasteiger partial charge in [-0.15, -0.1) is 21.5 Å². The number of carbonyl (C=O) groups is 2. The van der Waals surface area contributed by atoms with Gasteiger partial charge in [-0.3, -0.25) is 14.2 Å². The maximum atomic E-state index is 13.2. The Balaban J connectivity index is 1.52. The molecule has 0 aliphatic carbocycles. The molecule has 204 valence electrons. The zero-order valence-corrected chi connectivity index (χ0v) is 24.0. The Labute approximate surface area is 234 Å². The highest BCUT2D eigenvalue weighted by atomic mass is 32.2. The van der Waals surface area contributed by atoms with E-state index in [2.05, 4.69) is 20.5 Å². The first-order valence-electron chi connectivity index (χ1n) is 12.0. The molecule has 4 rings (SSSR count). The van der Waals surface area contributed by atoms with Crippen LogP contribution in [0.2, 0.25) is 0 Å². The third-order valence-corrected chi connectivity index (χ3v) is 8.96. The van der Waals surface area contributed by atoms with Gasteiger partial charge in [-0.25, -0.2) is 13.4 Å². The van der Waals surface area contributed by atoms with E-state index in [4.69, 9.17) is 4.74 Å². The van der Waals surface area contributed by atoms with Crippen LogP contribution in [0.25, 0.3) is 5.69 Å². The SMILES string of the molecule is CCOC(=O)Cc1csc(NC(=O)C(C)Sc2nnc(CS(=O)(=O)c3ccc(C)cc3)n2-c2ccccc2)n1. The van der Waals surface area contributed by atoms with E-state index >= 15 is 0 Å². The Morgan fingerprint density at radius 2 is 1.82 bits per heavy atom. The predicted octanol–water partition coefficient (Wildman–Crippen LogP) is 4.23. The second-order valence-electron chi connectivity index (χ2n) is 8.52. The van der Waals surface area contributed by atoms with Gasteiger partial charge >= 0.3 is 5.97 Å². The minimum atomic E-state index is -3.69. The molecule has 4 aromatic rings. The average molecular weight is 586 g/mol. The summed E-state index contributed by atoms with van der Waals surface area (Å²) in [6.45, 7) is 5.61. The molecule has 1 unspecified atom stereocenters. The molecule has 2 aromatic carbocycles. The summed E-state index contributed by atoms with van der Waals surface area (Å²) in [6, 6.07) is 15.8. The minimum absolute atomic E-state index is 0.0268. The molecular formula is C26H27N5O5S3. The molecular weight excluding hydrogens is 559 g/mol. The number of benzene rings is 2. The number of thioether (sulfide) groups is 1. The van der Waals surface area contributed by atoms with Crippen molar-refractivity contribution < 1.29 is 22.7 Å². The molecule has 2 heterocycles. The number of carbonyl (C=O) groups excluding carboxylic acids is 2. The monoisotopic (exact) mass is 585 g/mol. The summed E-state index contributed by atoms with van der Waals surface area (Å²) in [5, 5.41) is 13.0. The molecule has 0 fully saturated rings. The highest BCUT2D eigenvalue weighted by Crippen LogP contribution is 2.28. The number of aryl methyl sites for hydroxylation is 1. The van der Waals surface area contributed by atoms with Gasteiger partial charge in [0, 0.05) is 11.1 Å². The highest BCUT2D eigenvalue weighted by Gasteiger charge is 2.25. The van der Waals surface area contributed by atoms with Crippen molar-refractivity contribution in [1.29, 1.82) is 0 Å². The van der Waals surface area contributed by atoms with Crippen molar-refractivity contribution in [3.05, 3.63) is 77.1 Å². The first-order valence-corrected chi connectivity index (χ1v) is 15.4. The van der Waals surface area contributed by atoms with Gasteiger partial charge in [0.1, 0.15) is 5.75 Å². The van der Waals surface area contributed by atoms with Gasteiger partial charge in [0.05, 0.1) is 28.9 Å². The lowest BCUT2D eigenvalue weighted by Crippen LogP contribution is -2.23. The molecule has 1 N–H and O–H groups in total. The Hall–Kier alpha value is -3.55. The molecule has 39 heavy (non-hydrogen) atoms. The number of anilines is 1. The molecule has 0 aliphatic heterocycles. The van der Waals surface area contributed by atoms with Crippen molar-refractivity contribution in [3.63, 3.8) is 0 Å². The topological polar surface area (TPSA) is 133 Å². The van der Waals surface area contributed by atoms with Gasteiger partial charge in [-0.05, 0) is 45.0 Å². The van der Waals surface area contributed by atoms with Crippen molar-refractivity contribution in [2.75, 3.05) is 11.9 Å². The van der Waals surface area contributed by atoms with E-state index in [0.29, 0.717) is 21.7 Å². The van der Waals surface area contributed by atoms with Crippen molar-refractivity contribution in [2.45, 2.75) is 48.2 Å². The number of aromatic nitrogens is 4. The second-order valence-corrected chi connectivity index (χ2v) is 12.7. The minimum Gasteiger partial charge on any atom is -0.466 e. The third kappa shape index (κ3) is 7.31. The second kappa shape index (κ2) is 12.5. The maximum Gasteiger partial charge on any atom is 0.311 e. The predicted molar refractivity (Wildman–Crippen MR) is 150 cm³/mol. The summed E-state index contributed by atoms with van der Waals surface area (Å²) in [5.41, 5.74) is 2.15. The van der Waals surface area contributed by atoms with Gasteiger partial charge in [0.15, 0.2) is 25.9 Å². The molecule has 10 nitrogen and oxygen atoms in total. The zero-order chi connectivity index (χ0) is 28.0. The fourth-order valence-electron chi connectivity index (χ4n) is 3.53. The standard InChI is InChI=1S/C26H27N5O5S3/c1-4-36-23(32)14-19-15-37-25(27-19)28-24(33)18(3)38-26-30-29-22(31(26)20-8-6-5-7-9-20)16-39(34,35)21-12-10-17(2)11-13-21/h5-13,15,18H,4,14,16H2,1-3H3,(H,27,28,33). The van der Waals surface area contributed by atoms with Crippen LogP contribution in [0.15, 0.2) is 70.0 Å². The number of hydrogen-bond acceptors (Lipinski definition) is 10. The van der Waals surface area contributed by atoms with Gasteiger partial charge < -0.3 is 10.1 Å². The van der Waals surface area contributed by atoms with E-state index < -0.39 is 15.1 Å². The van der Waals surface area contributed by atoms with E-state index in [9.17, 15) is 18.0 Å². The fourth-order valence-corrected chi connectivity index (χ4v) is 6.37. The zero-order valence-electron chi connectivity index (χ0n) is 21.5. The molecule has 0 saturated carbocycles. The summed E-state index contributed by atoms with van der Waals surface area (Å²) in [5.74, 6) is -0.833. The van der Waals surface area contributed by atoms with Gasteiger partial charge in [0.25, 0.3) is 0 Å². The first kappa shape index (κ1) is 28.5. The molecule has 0 aliphatic rings. The number of rotatable bonds is 11. The van der Waals surface area contributed by atoms with Gasteiger partial charge in [-0.1, -0.05) is 47.7 Å². The van der Waals surface area contributed by atoms with Crippen molar-refractivity contribution in [1.82, 2.24) is 19.7 Å². The smallest absolute Gasteiger partial charge is 0.311 e. The molecule has 1 atom stereocenters. The van der Waals surface area contributed by atoms with Crippen LogP contribution in [0, 0.1) is 6.92 Å². The average Bonchev–Trinajstić information content (AvgIpc) is 3.50. The maximum absolute atomic E-state index is 13.2. The van der Waals surface area contributed by atoms with Crippen LogP contribution in [0.3, 0.4) is 0 Å². The molecule has 0 spiro atoms. The number of ether oxygens (including phenoxy) is 1.